The molecule has 0 bridgehead atoms. The second-order valence-electron chi connectivity index (χ2n) is 9.41. The van der Waals surface area contributed by atoms with E-state index in [4.69, 9.17) is 4.74 Å². The Labute approximate surface area is 216 Å². The summed E-state index contributed by atoms with van der Waals surface area (Å²) in [6, 6.07) is 6.56. The third-order valence-corrected chi connectivity index (χ3v) is 6.61. The molecule has 14 heteroatoms. The maximum absolute atomic E-state index is 15.0. The van der Waals surface area contributed by atoms with E-state index in [9.17, 15) is 18.0 Å². The van der Waals surface area contributed by atoms with Crippen molar-refractivity contribution in [1.29, 1.82) is 0 Å². The third kappa shape index (κ3) is 5.08. The quantitative estimate of drug-likeness (QED) is 0.370. The number of methoxy groups -OCH3 is 1. The van der Waals surface area contributed by atoms with E-state index < -0.39 is 25.2 Å². The Morgan fingerprint density at radius 1 is 1.29 bits per heavy atom. The molecular weight excluding hydrogens is 503 g/mol. The summed E-state index contributed by atoms with van der Waals surface area (Å²) in [6.07, 6.45) is -1.58. The predicted octanol–water partition coefficient (Wildman–Crippen LogP) is 2.33. The fraction of sp³-hybridized carbons (Fsp3) is 0.458. The molecule has 1 aliphatic heterocycles. The van der Waals surface area contributed by atoms with E-state index in [0.717, 1.165) is 11.1 Å². The summed E-state index contributed by atoms with van der Waals surface area (Å²) in [7, 11) is 4.83. The first-order valence-electron chi connectivity index (χ1n) is 12.1. The molecular formula is C24H28F3N9O2. The molecule has 0 spiro atoms. The van der Waals surface area contributed by atoms with E-state index in [1.165, 1.54) is 16.7 Å². The number of rotatable bonds is 8. The Hall–Kier alpha value is -3.94. The first-order chi connectivity index (χ1) is 18.2. The minimum atomic E-state index is -2.56. The second-order valence-corrected chi connectivity index (χ2v) is 9.41. The normalized spacial score (nSPS) is 18.4. The number of hydrogen-bond acceptors (Lipinski definition) is 8. The minimum absolute atomic E-state index is 0.0700. The van der Waals surface area contributed by atoms with Gasteiger partial charge in [-0.15, -0.1) is 10.2 Å². The van der Waals surface area contributed by atoms with Crippen LogP contribution in [0.25, 0.3) is 27.7 Å². The lowest BCUT2D eigenvalue weighted by Crippen LogP contribution is -2.50. The molecule has 3 aromatic heterocycles. The van der Waals surface area contributed by atoms with Gasteiger partial charge < -0.3 is 15.0 Å². The van der Waals surface area contributed by atoms with Crippen molar-refractivity contribution in [2.75, 3.05) is 46.2 Å². The average Bonchev–Trinajstić information content (AvgIpc) is 3.48. The zero-order valence-corrected chi connectivity index (χ0v) is 21.2. The van der Waals surface area contributed by atoms with E-state index in [0.29, 0.717) is 29.5 Å². The van der Waals surface area contributed by atoms with E-state index in [2.05, 4.69) is 25.7 Å². The highest BCUT2D eigenvalue weighted by molar-refractivity contribution is 5.89. The molecule has 1 fully saturated rings. The Balaban J connectivity index is 1.38. The number of carbonyl (C=O) groups is 1. The molecule has 4 aromatic rings. The fourth-order valence-electron chi connectivity index (χ4n) is 4.60. The zero-order chi connectivity index (χ0) is 27.0. The lowest BCUT2D eigenvalue weighted by molar-refractivity contribution is -0.130. The van der Waals surface area contributed by atoms with Crippen LogP contribution in [0.4, 0.5) is 19.1 Å². The van der Waals surface area contributed by atoms with E-state index >= 15 is 0 Å². The van der Waals surface area contributed by atoms with Crippen molar-refractivity contribution in [3.05, 3.63) is 30.5 Å². The number of nitrogens with zero attached hydrogens (tertiary/aromatic N) is 8. The molecule has 1 saturated heterocycles. The first kappa shape index (κ1) is 25.7. The van der Waals surface area contributed by atoms with Crippen LogP contribution in [0.2, 0.25) is 0 Å². The van der Waals surface area contributed by atoms with Crippen LogP contribution in [0, 0.1) is 0 Å². The van der Waals surface area contributed by atoms with Gasteiger partial charge in [0.2, 0.25) is 17.7 Å². The van der Waals surface area contributed by atoms with Gasteiger partial charge in [-0.2, -0.15) is 4.98 Å². The maximum atomic E-state index is 15.0. The van der Waals surface area contributed by atoms with Crippen LogP contribution >= 0.6 is 0 Å². The minimum Gasteiger partial charge on any atom is -0.479 e. The number of likely N-dealkylation sites (N-methyl/N-ethyl adjacent to an activating group) is 1. The molecule has 0 unspecified atom stereocenters. The van der Waals surface area contributed by atoms with Crippen LogP contribution in [0.15, 0.2) is 30.5 Å². The van der Waals surface area contributed by atoms with E-state index in [-0.39, 0.29) is 30.8 Å². The summed E-state index contributed by atoms with van der Waals surface area (Å²) in [6.45, 7) is 0.305. The Bertz CT molecular complexity index is 1450. The summed E-state index contributed by atoms with van der Waals surface area (Å²) in [4.78, 5) is 19.7. The summed E-state index contributed by atoms with van der Waals surface area (Å²) >= 11 is 0. The molecule has 202 valence electrons. The molecule has 2 atom stereocenters. The maximum Gasteiger partial charge on any atom is 0.258 e. The van der Waals surface area contributed by atoms with Gasteiger partial charge in [0, 0.05) is 38.9 Å². The van der Waals surface area contributed by atoms with Crippen LogP contribution in [-0.2, 0) is 11.3 Å². The topological polar surface area (TPSA) is 106 Å². The number of alkyl halides is 3. The fourth-order valence-corrected chi connectivity index (χ4v) is 4.60. The lowest BCUT2D eigenvalue weighted by Gasteiger charge is -2.35. The third-order valence-electron chi connectivity index (χ3n) is 6.61. The first-order valence-corrected chi connectivity index (χ1v) is 12.1. The van der Waals surface area contributed by atoms with Crippen LogP contribution < -0.4 is 10.1 Å². The van der Waals surface area contributed by atoms with Gasteiger partial charge in [-0.1, -0.05) is 11.3 Å². The molecule has 5 rings (SSSR count). The van der Waals surface area contributed by atoms with Crippen LogP contribution in [0.3, 0.4) is 0 Å². The molecule has 0 saturated carbocycles. The van der Waals surface area contributed by atoms with Gasteiger partial charge in [0.1, 0.15) is 23.7 Å². The number of amides is 1. The molecule has 11 nitrogen and oxygen atoms in total. The molecule has 1 N–H and O–H groups in total. The standard InChI is InChI=1S/C24H28F3N9O2/c1-33(2)21(37)13-34-8-7-17(16(25)11-34)28-24-29-23(38-3)22-15(6-9-35(22)31-24)14-4-5-18-19(10-14)36(32-30-18)12-20(26)27/h4-6,9-10,16-17,20H,7-8,11-13H2,1-3H3,(H,28,31)/t16-,17+/m1/s1. The largest absolute Gasteiger partial charge is 0.479 e. The Kier molecular flexibility index (Phi) is 7.06. The van der Waals surface area contributed by atoms with Gasteiger partial charge in [-0.25, -0.2) is 22.4 Å². The monoisotopic (exact) mass is 531 g/mol. The SMILES string of the molecule is COc1nc(N[C@H]2CCN(CC(=O)N(C)C)C[C@H]2F)nn2ccc(-c3ccc4nnn(CC(F)F)c4c3)c12. The molecule has 0 aliphatic carbocycles. The summed E-state index contributed by atoms with van der Waals surface area (Å²) in [5.41, 5.74) is 3.00. The number of carbonyl (C=O) groups excluding carboxylic acids is 1. The molecule has 0 radical (unpaired) electrons. The molecule has 1 aromatic carbocycles. The number of hydrogen-bond donors (Lipinski definition) is 1. The van der Waals surface area contributed by atoms with Crippen LogP contribution in [0.1, 0.15) is 6.42 Å². The smallest absolute Gasteiger partial charge is 0.258 e. The average molecular weight is 532 g/mol. The Morgan fingerprint density at radius 2 is 2.11 bits per heavy atom. The van der Waals surface area contributed by atoms with Gasteiger partial charge in [-0.05, 0) is 30.2 Å². The highest BCUT2D eigenvalue weighted by atomic mass is 19.3. The van der Waals surface area contributed by atoms with Gasteiger partial charge in [0.05, 0.1) is 25.2 Å². The number of ether oxygens (including phenoxy) is 1. The highest BCUT2D eigenvalue weighted by Gasteiger charge is 2.31. The van der Waals surface area contributed by atoms with Gasteiger partial charge in [0.25, 0.3) is 6.43 Å². The van der Waals surface area contributed by atoms with Gasteiger partial charge >= 0.3 is 0 Å². The van der Waals surface area contributed by atoms with Crippen molar-refractivity contribution in [1.82, 2.24) is 39.4 Å². The van der Waals surface area contributed by atoms with Crippen molar-refractivity contribution in [3.8, 4) is 17.0 Å². The number of fused-ring (bicyclic) bond motifs is 2. The summed E-state index contributed by atoms with van der Waals surface area (Å²) in [5, 5.41) is 15.4. The van der Waals surface area contributed by atoms with E-state index in [1.54, 1.807) is 41.8 Å². The molecule has 1 amide bonds. The van der Waals surface area contributed by atoms with Gasteiger partial charge in [-0.3, -0.25) is 9.69 Å². The summed E-state index contributed by atoms with van der Waals surface area (Å²) < 4.78 is 49.2. The number of aromatic nitrogens is 6. The highest BCUT2D eigenvalue weighted by Crippen LogP contribution is 2.33. The number of anilines is 1. The second kappa shape index (κ2) is 10.4. The van der Waals surface area contributed by atoms with Crippen molar-refractivity contribution < 1.29 is 22.7 Å². The Morgan fingerprint density at radius 3 is 2.82 bits per heavy atom. The molecule has 38 heavy (non-hydrogen) atoms. The lowest BCUT2D eigenvalue weighted by atomic mass is 10.0. The van der Waals surface area contributed by atoms with Crippen LogP contribution in [-0.4, -0.2) is 105 Å². The molecule has 1 aliphatic rings. The van der Waals surface area contributed by atoms with Crippen molar-refractivity contribution >= 4 is 28.4 Å². The zero-order valence-electron chi connectivity index (χ0n) is 21.2. The van der Waals surface area contributed by atoms with E-state index in [1.807, 2.05) is 12.1 Å². The van der Waals surface area contributed by atoms with Gasteiger partial charge in [0.15, 0.2) is 0 Å². The molecule has 4 heterocycles. The number of likely N-dealkylation sites (tertiary alicyclic amines) is 1. The number of nitrogens with one attached hydrogen (secondary N) is 1. The number of halogens is 3. The van der Waals surface area contributed by atoms with Crippen LogP contribution in [0.5, 0.6) is 5.88 Å². The summed E-state index contributed by atoms with van der Waals surface area (Å²) in [5.74, 6) is 0.405. The van der Waals surface area contributed by atoms with Crippen molar-refractivity contribution in [2.24, 2.45) is 0 Å². The van der Waals surface area contributed by atoms with Crippen molar-refractivity contribution in [2.45, 2.75) is 31.6 Å². The van der Waals surface area contributed by atoms with Crippen molar-refractivity contribution in [3.63, 3.8) is 0 Å². The predicted molar refractivity (Wildman–Crippen MR) is 134 cm³/mol. The number of benzene rings is 1. The number of piperidine rings is 1.